The van der Waals surface area contributed by atoms with Gasteiger partial charge in [0.1, 0.15) is 0 Å². The minimum absolute atomic E-state index is 0.832. The number of anilines is 2. The summed E-state index contributed by atoms with van der Waals surface area (Å²) < 4.78 is 0. The molecule has 0 aliphatic heterocycles. The molecule has 3 N–H and O–H groups in total. The van der Waals surface area contributed by atoms with Crippen molar-refractivity contribution < 1.29 is 0 Å². The molecule has 0 fully saturated rings. The van der Waals surface area contributed by atoms with Gasteiger partial charge in [0, 0.05) is 17.9 Å². The van der Waals surface area contributed by atoms with E-state index < -0.39 is 0 Å². The Morgan fingerprint density at radius 3 is 2.65 bits per heavy atom. The van der Waals surface area contributed by atoms with E-state index in [9.17, 15) is 0 Å². The van der Waals surface area contributed by atoms with Crippen LogP contribution >= 0.6 is 0 Å². The second kappa shape index (κ2) is 5.39. The molecular weight excluding hydrogens is 208 g/mol. The lowest BCUT2D eigenvalue weighted by Gasteiger charge is -2.07. The first kappa shape index (κ1) is 11.5. The van der Waals surface area contributed by atoms with E-state index in [-0.39, 0.29) is 0 Å². The quantitative estimate of drug-likeness (QED) is 0.785. The third-order valence-electron chi connectivity index (χ3n) is 2.71. The normalized spacial score (nSPS) is 10.2. The summed E-state index contributed by atoms with van der Waals surface area (Å²) >= 11 is 0. The summed E-state index contributed by atoms with van der Waals surface area (Å²) in [7, 11) is 0. The Labute approximate surface area is 102 Å². The Balaban J connectivity index is 1.87. The first-order valence-corrected chi connectivity index (χ1v) is 5.89. The first-order chi connectivity index (χ1) is 8.24. The highest BCUT2D eigenvalue weighted by Gasteiger charge is 1.95. The molecule has 0 atom stereocenters. The van der Waals surface area contributed by atoms with Crippen LogP contribution in [0.5, 0.6) is 0 Å². The molecule has 0 spiro atoms. The van der Waals surface area contributed by atoms with Crippen molar-refractivity contribution >= 4 is 11.4 Å². The van der Waals surface area contributed by atoms with E-state index in [4.69, 9.17) is 5.73 Å². The third kappa shape index (κ3) is 3.52. The standard InChI is InChI=1S/C15H18N2/c1-12-4-2-7-15(10-12)17-9-8-13-5-3-6-14(16)11-13/h2-7,10-11,17H,8-9,16H2,1H3. The van der Waals surface area contributed by atoms with Crippen LogP contribution in [0.25, 0.3) is 0 Å². The highest BCUT2D eigenvalue weighted by Crippen LogP contribution is 2.11. The van der Waals surface area contributed by atoms with Crippen LogP contribution in [0.3, 0.4) is 0 Å². The number of rotatable bonds is 4. The minimum Gasteiger partial charge on any atom is -0.399 e. The number of hydrogen-bond donors (Lipinski definition) is 2. The van der Waals surface area contributed by atoms with Gasteiger partial charge in [-0.15, -0.1) is 0 Å². The van der Waals surface area contributed by atoms with Crippen molar-refractivity contribution in [3.05, 3.63) is 59.7 Å². The molecule has 0 aliphatic carbocycles. The van der Waals surface area contributed by atoms with Gasteiger partial charge in [0.05, 0.1) is 0 Å². The molecule has 2 heteroatoms. The molecule has 0 radical (unpaired) electrons. The molecule has 0 bridgehead atoms. The lowest BCUT2D eigenvalue weighted by molar-refractivity contribution is 1.02. The summed E-state index contributed by atoms with van der Waals surface area (Å²) in [5.74, 6) is 0. The van der Waals surface area contributed by atoms with Gasteiger partial charge in [-0.25, -0.2) is 0 Å². The van der Waals surface area contributed by atoms with Crippen LogP contribution < -0.4 is 11.1 Å². The Kier molecular flexibility index (Phi) is 3.66. The Morgan fingerprint density at radius 1 is 1.06 bits per heavy atom. The highest BCUT2D eigenvalue weighted by atomic mass is 14.9. The second-order valence-electron chi connectivity index (χ2n) is 4.29. The molecule has 2 nitrogen and oxygen atoms in total. The summed E-state index contributed by atoms with van der Waals surface area (Å²) in [5, 5.41) is 3.41. The maximum atomic E-state index is 5.74. The Morgan fingerprint density at radius 2 is 1.88 bits per heavy atom. The molecule has 0 heterocycles. The van der Waals surface area contributed by atoms with Crippen molar-refractivity contribution in [1.29, 1.82) is 0 Å². The average Bonchev–Trinajstić information content (AvgIpc) is 2.29. The van der Waals surface area contributed by atoms with Gasteiger partial charge in [-0.3, -0.25) is 0 Å². The number of benzene rings is 2. The second-order valence-corrected chi connectivity index (χ2v) is 4.29. The zero-order valence-corrected chi connectivity index (χ0v) is 10.1. The highest BCUT2D eigenvalue weighted by molar-refractivity contribution is 5.46. The number of hydrogen-bond acceptors (Lipinski definition) is 2. The van der Waals surface area contributed by atoms with E-state index >= 15 is 0 Å². The molecule has 0 saturated heterocycles. The average molecular weight is 226 g/mol. The van der Waals surface area contributed by atoms with Gasteiger partial charge in [0.15, 0.2) is 0 Å². The molecule has 0 amide bonds. The van der Waals surface area contributed by atoms with Gasteiger partial charge in [-0.2, -0.15) is 0 Å². The van der Waals surface area contributed by atoms with Crippen molar-refractivity contribution in [2.75, 3.05) is 17.6 Å². The number of aryl methyl sites for hydroxylation is 1. The lowest BCUT2D eigenvalue weighted by Crippen LogP contribution is -2.05. The molecule has 2 aromatic carbocycles. The summed E-state index contributed by atoms with van der Waals surface area (Å²) in [6, 6.07) is 16.5. The van der Waals surface area contributed by atoms with E-state index in [0.717, 1.165) is 18.7 Å². The van der Waals surface area contributed by atoms with Gasteiger partial charge in [-0.05, 0) is 48.7 Å². The Bertz CT molecular complexity index is 446. The van der Waals surface area contributed by atoms with Crippen molar-refractivity contribution in [3.63, 3.8) is 0 Å². The monoisotopic (exact) mass is 226 g/mol. The van der Waals surface area contributed by atoms with Gasteiger partial charge in [-0.1, -0.05) is 24.3 Å². The van der Waals surface area contributed by atoms with Crippen LogP contribution in [0, 0.1) is 6.92 Å². The molecule has 17 heavy (non-hydrogen) atoms. The largest absolute Gasteiger partial charge is 0.399 e. The van der Waals surface area contributed by atoms with Gasteiger partial charge in [0.2, 0.25) is 0 Å². The van der Waals surface area contributed by atoms with Crippen LogP contribution in [-0.4, -0.2) is 6.54 Å². The zero-order chi connectivity index (χ0) is 12.1. The summed E-state index contributed by atoms with van der Waals surface area (Å²) in [6.07, 6.45) is 0.985. The van der Waals surface area contributed by atoms with E-state index in [1.807, 2.05) is 18.2 Å². The maximum absolute atomic E-state index is 5.74. The fraction of sp³-hybridized carbons (Fsp3) is 0.200. The van der Waals surface area contributed by atoms with E-state index in [2.05, 4.69) is 42.6 Å². The fourth-order valence-corrected chi connectivity index (χ4v) is 1.85. The summed E-state index contributed by atoms with van der Waals surface area (Å²) in [4.78, 5) is 0. The van der Waals surface area contributed by atoms with Gasteiger partial charge < -0.3 is 11.1 Å². The fourth-order valence-electron chi connectivity index (χ4n) is 1.85. The van der Waals surface area contributed by atoms with E-state index in [1.165, 1.54) is 16.8 Å². The predicted octanol–water partition coefficient (Wildman–Crippen LogP) is 3.23. The molecule has 0 unspecified atom stereocenters. The van der Waals surface area contributed by atoms with E-state index in [1.54, 1.807) is 0 Å². The molecule has 0 aliphatic rings. The van der Waals surface area contributed by atoms with Crippen LogP contribution in [-0.2, 0) is 6.42 Å². The van der Waals surface area contributed by atoms with Crippen molar-refractivity contribution in [3.8, 4) is 0 Å². The zero-order valence-electron chi connectivity index (χ0n) is 10.1. The smallest absolute Gasteiger partial charge is 0.0342 e. The lowest BCUT2D eigenvalue weighted by atomic mass is 10.1. The number of nitrogens with one attached hydrogen (secondary N) is 1. The predicted molar refractivity (Wildman–Crippen MR) is 74.2 cm³/mol. The van der Waals surface area contributed by atoms with Gasteiger partial charge >= 0.3 is 0 Å². The van der Waals surface area contributed by atoms with Crippen LogP contribution in [0.4, 0.5) is 11.4 Å². The summed E-state index contributed by atoms with van der Waals surface area (Å²) in [5.41, 5.74) is 10.3. The molecule has 2 rings (SSSR count). The van der Waals surface area contributed by atoms with Gasteiger partial charge in [0.25, 0.3) is 0 Å². The molecule has 2 aromatic rings. The SMILES string of the molecule is Cc1cccc(NCCc2cccc(N)c2)c1. The van der Waals surface area contributed by atoms with Crippen molar-refractivity contribution in [1.82, 2.24) is 0 Å². The van der Waals surface area contributed by atoms with Crippen molar-refractivity contribution in [2.24, 2.45) is 0 Å². The van der Waals surface area contributed by atoms with Crippen LogP contribution in [0.1, 0.15) is 11.1 Å². The van der Waals surface area contributed by atoms with Crippen molar-refractivity contribution in [2.45, 2.75) is 13.3 Å². The third-order valence-corrected chi connectivity index (χ3v) is 2.71. The molecule has 0 saturated carbocycles. The number of nitrogens with two attached hydrogens (primary N) is 1. The topological polar surface area (TPSA) is 38.0 Å². The Hall–Kier alpha value is -1.96. The molecular formula is C15H18N2. The summed E-state index contributed by atoms with van der Waals surface area (Å²) in [6.45, 7) is 3.02. The minimum atomic E-state index is 0.832. The van der Waals surface area contributed by atoms with E-state index in [0.29, 0.717) is 0 Å². The first-order valence-electron chi connectivity index (χ1n) is 5.89. The maximum Gasteiger partial charge on any atom is 0.0342 e. The molecule has 0 aromatic heterocycles. The molecule has 88 valence electrons. The van der Waals surface area contributed by atoms with Crippen LogP contribution in [0.2, 0.25) is 0 Å². The van der Waals surface area contributed by atoms with Crippen LogP contribution in [0.15, 0.2) is 48.5 Å². The number of nitrogen functional groups attached to an aromatic ring is 1.